The highest BCUT2D eigenvalue weighted by Gasteiger charge is 2.43. The molecule has 0 atom stereocenters. The zero-order valence-electron chi connectivity index (χ0n) is 15.6. The maximum absolute atomic E-state index is 13.0. The molecule has 1 aromatic carbocycles. The molecule has 1 N–H and O–H groups in total. The third kappa shape index (κ3) is 3.73. The lowest BCUT2D eigenvalue weighted by molar-refractivity contribution is -0.143. The van der Waals surface area contributed by atoms with Crippen LogP contribution in [0.5, 0.6) is 0 Å². The fraction of sp³-hybridized carbons (Fsp3) is 0.579. The Kier molecular flexibility index (Phi) is 5.58. The van der Waals surface area contributed by atoms with Crippen molar-refractivity contribution < 1.29 is 23.1 Å². The highest BCUT2D eigenvalue weighted by molar-refractivity contribution is 7.89. The van der Waals surface area contributed by atoms with Gasteiger partial charge >= 0.3 is 5.97 Å². The van der Waals surface area contributed by atoms with E-state index in [-0.39, 0.29) is 34.9 Å². The molecule has 3 rings (SSSR count). The van der Waals surface area contributed by atoms with Crippen molar-refractivity contribution in [3.63, 3.8) is 0 Å². The van der Waals surface area contributed by atoms with Crippen molar-refractivity contribution in [2.24, 2.45) is 5.41 Å². The molecular weight excluding hydrogens is 368 g/mol. The van der Waals surface area contributed by atoms with Gasteiger partial charge in [-0.3, -0.25) is 4.79 Å². The number of hydrogen-bond donors (Lipinski definition) is 1. The van der Waals surface area contributed by atoms with Gasteiger partial charge in [0.2, 0.25) is 15.9 Å². The summed E-state index contributed by atoms with van der Waals surface area (Å²) in [5, 5.41) is 8.94. The molecule has 2 aliphatic rings. The Balaban J connectivity index is 1.67. The van der Waals surface area contributed by atoms with E-state index in [1.165, 1.54) is 28.6 Å². The van der Waals surface area contributed by atoms with Crippen LogP contribution in [0.25, 0.3) is 0 Å². The Morgan fingerprint density at radius 3 is 2.07 bits per heavy atom. The highest BCUT2D eigenvalue weighted by atomic mass is 32.2. The summed E-state index contributed by atoms with van der Waals surface area (Å²) in [4.78, 5) is 25.8. The first-order valence-electron chi connectivity index (χ1n) is 9.43. The molecule has 0 unspecified atom stereocenters. The molecule has 1 aromatic rings. The lowest BCUT2D eigenvalue weighted by atomic mass is 9.81. The Bertz CT molecular complexity index is 805. The fourth-order valence-corrected chi connectivity index (χ4v) is 5.58. The molecule has 0 radical (unpaired) electrons. The van der Waals surface area contributed by atoms with Crippen LogP contribution in [0, 0.1) is 5.41 Å². The van der Waals surface area contributed by atoms with Crippen molar-refractivity contribution in [3.05, 3.63) is 29.8 Å². The van der Waals surface area contributed by atoms with E-state index in [1.807, 2.05) is 4.90 Å². The van der Waals surface area contributed by atoms with E-state index in [1.54, 1.807) is 0 Å². The summed E-state index contributed by atoms with van der Waals surface area (Å²) in [6, 6.07) is 5.22. The van der Waals surface area contributed by atoms with Gasteiger partial charge in [0, 0.05) is 31.6 Å². The lowest BCUT2D eigenvalue weighted by Gasteiger charge is -2.39. The number of nitrogens with zero attached hydrogens (tertiary/aromatic N) is 2. The predicted octanol–water partition coefficient (Wildman–Crippen LogP) is 2.19. The van der Waals surface area contributed by atoms with E-state index < -0.39 is 16.0 Å². The van der Waals surface area contributed by atoms with E-state index in [4.69, 9.17) is 5.11 Å². The van der Waals surface area contributed by atoms with Crippen LogP contribution in [-0.2, 0) is 14.8 Å². The second-order valence-electron chi connectivity index (χ2n) is 7.37. The minimum absolute atomic E-state index is 0.0470. The minimum atomic E-state index is -3.69. The molecule has 1 amide bonds. The van der Waals surface area contributed by atoms with E-state index in [2.05, 4.69) is 6.92 Å². The number of carbonyl (C=O) groups is 2. The molecule has 0 aromatic heterocycles. The Morgan fingerprint density at radius 1 is 1.04 bits per heavy atom. The molecule has 1 aliphatic carbocycles. The Labute approximate surface area is 160 Å². The molecular formula is C19H26N2O5S. The maximum atomic E-state index is 13.0. The van der Waals surface area contributed by atoms with Gasteiger partial charge in [-0.25, -0.2) is 13.2 Å². The maximum Gasteiger partial charge on any atom is 0.335 e. The first-order valence-corrected chi connectivity index (χ1v) is 10.9. The van der Waals surface area contributed by atoms with Gasteiger partial charge < -0.3 is 10.0 Å². The number of sulfonamides is 1. The molecule has 148 valence electrons. The summed E-state index contributed by atoms with van der Waals surface area (Å²) in [7, 11) is -3.69. The molecule has 1 heterocycles. The number of hydrogen-bond acceptors (Lipinski definition) is 4. The van der Waals surface area contributed by atoms with Crippen LogP contribution in [0.1, 0.15) is 49.4 Å². The molecule has 1 aliphatic heterocycles. The van der Waals surface area contributed by atoms with Crippen molar-refractivity contribution in [1.82, 2.24) is 9.21 Å². The number of benzene rings is 1. The van der Waals surface area contributed by atoms with Gasteiger partial charge in [0.05, 0.1) is 10.5 Å². The van der Waals surface area contributed by atoms with E-state index >= 15 is 0 Å². The first-order chi connectivity index (χ1) is 12.8. The monoisotopic (exact) mass is 394 g/mol. The quantitative estimate of drug-likeness (QED) is 0.826. The highest BCUT2D eigenvalue weighted by Crippen LogP contribution is 2.42. The predicted molar refractivity (Wildman–Crippen MR) is 99.9 cm³/mol. The molecule has 1 saturated carbocycles. The molecule has 1 saturated heterocycles. The van der Waals surface area contributed by atoms with Crippen molar-refractivity contribution in [1.29, 1.82) is 0 Å². The van der Waals surface area contributed by atoms with Crippen LogP contribution in [-0.4, -0.2) is 60.8 Å². The van der Waals surface area contributed by atoms with Crippen molar-refractivity contribution in [3.8, 4) is 0 Å². The van der Waals surface area contributed by atoms with Gasteiger partial charge in [-0.2, -0.15) is 4.31 Å². The number of amides is 1. The summed E-state index contributed by atoms with van der Waals surface area (Å²) in [6.07, 6.45) is 4.86. The average molecular weight is 394 g/mol. The topological polar surface area (TPSA) is 95.0 Å². The van der Waals surface area contributed by atoms with Gasteiger partial charge in [0.25, 0.3) is 0 Å². The zero-order valence-corrected chi connectivity index (χ0v) is 16.4. The number of carboxylic acids is 1. The summed E-state index contributed by atoms with van der Waals surface area (Å²) in [5.74, 6) is -0.923. The van der Waals surface area contributed by atoms with Gasteiger partial charge in [0.1, 0.15) is 0 Å². The molecule has 7 nitrogen and oxygen atoms in total. The smallest absolute Gasteiger partial charge is 0.335 e. The van der Waals surface area contributed by atoms with Crippen LogP contribution in [0.2, 0.25) is 0 Å². The lowest BCUT2D eigenvalue weighted by Crippen LogP contribution is -2.53. The number of carbonyl (C=O) groups excluding carboxylic acids is 1. The van der Waals surface area contributed by atoms with Gasteiger partial charge in [-0.15, -0.1) is 0 Å². The summed E-state index contributed by atoms with van der Waals surface area (Å²) >= 11 is 0. The summed E-state index contributed by atoms with van der Waals surface area (Å²) < 4.78 is 27.0. The van der Waals surface area contributed by atoms with E-state index in [0.717, 1.165) is 32.1 Å². The number of aromatic carboxylic acids is 1. The third-order valence-electron chi connectivity index (χ3n) is 5.96. The molecule has 8 heteroatoms. The normalized spacial score (nSPS) is 20.6. The van der Waals surface area contributed by atoms with Gasteiger partial charge in [0.15, 0.2) is 0 Å². The molecule has 2 fully saturated rings. The standard InChI is InChI=1S/C19H26N2O5S/c1-2-19(9-3-4-10-19)18(24)20-11-13-21(14-12-20)27(25,26)16-7-5-15(6-8-16)17(22)23/h5-8H,2-4,9-14H2,1H3,(H,22,23). The summed E-state index contributed by atoms with van der Waals surface area (Å²) in [5.41, 5.74) is -0.209. The minimum Gasteiger partial charge on any atom is -0.478 e. The van der Waals surface area contributed by atoms with Crippen LogP contribution >= 0.6 is 0 Å². The van der Waals surface area contributed by atoms with E-state index in [9.17, 15) is 18.0 Å². The van der Waals surface area contributed by atoms with Gasteiger partial charge in [-0.05, 0) is 43.5 Å². The van der Waals surface area contributed by atoms with E-state index in [0.29, 0.717) is 13.1 Å². The Morgan fingerprint density at radius 2 is 1.59 bits per heavy atom. The molecule has 27 heavy (non-hydrogen) atoms. The van der Waals surface area contributed by atoms with Crippen molar-refractivity contribution in [2.75, 3.05) is 26.2 Å². The van der Waals surface area contributed by atoms with Gasteiger partial charge in [-0.1, -0.05) is 19.8 Å². The first kappa shape index (κ1) is 19.8. The number of carboxylic acid groups (broad SMARTS) is 1. The van der Waals surface area contributed by atoms with Crippen molar-refractivity contribution >= 4 is 21.9 Å². The van der Waals surface area contributed by atoms with Crippen LogP contribution in [0.3, 0.4) is 0 Å². The Hall–Kier alpha value is -1.93. The van der Waals surface area contributed by atoms with Crippen LogP contribution in [0.4, 0.5) is 0 Å². The zero-order chi connectivity index (χ0) is 19.7. The third-order valence-corrected chi connectivity index (χ3v) is 7.87. The summed E-state index contributed by atoms with van der Waals surface area (Å²) in [6.45, 7) is 3.37. The molecule has 0 spiro atoms. The SMILES string of the molecule is CCC1(C(=O)N2CCN(S(=O)(=O)c3ccc(C(=O)O)cc3)CC2)CCCC1. The molecule has 0 bridgehead atoms. The second-order valence-corrected chi connectivity index (χ2v) is 9.30. The number of piperazine rings is 1. The van der Waals surface area contributed by atoms with Crippen LogP contribution < -0.4 is 0 Å². The largest absolute Gasteiger partial charge is 0.478 e. The fourth-order valence-electron chi connectivity index (χ4n) is 4.16. The second kappa shape index (κ2) is 7.59. The van der Waals surface area contributed by atoms with Crippen LogP contribution in [0.15, 0.2) is 29.2 Å². The average Bonchev–Trinajstić information content (AvgIpc) is 3.18. The number of rotatable bonds is 5. The van der Waals surface area contributed by atoms with Crippen molar-refractivity contribution in [2.45, 2.75) is 43.9 Å².